The van der Waals surface area contributed by atoms with Crippen LogP contribution in [-0.4, -0.2) is 25.8 Å². The third-order valence-corrected chi connectivity index (χ3v) is 6.45. The number of amides is 1. The Kier molecular flexibility index (Phi) is 4.86. The summed E-state index contributed by atoms with van der Waals surface area (Å²) in [7, 11) is 1.63. The molecule has 4 nitrogen and oxygen atoms in total. The predicted molar refractivity (Wildman–Crippen MR) is 89.0 cm³/mol. The molecule has 0 radical (unpaired) electrons. The second kappa shape index (κ2) is 6.26. The number of thiophene rings is 1. The second-order valence-electron chi connectivity index (χ2n) is 5.35. The summed E-state index contributed by atoms with van der Waals surface area (Å²) >= 11 is 3.06. The monoisotopic (exact) mass is 313 g/mol. The first-order valence-corrected chi connectivity index (χ1v) is 9.03. The van der Waals surface area contributed by atoms with Gasteiger partial charge in [-0.15, -0.1) is 23.1 Å². The molecule has 1 aliphatic carbocycles. The number of hydrogen-bond acceptors (Lipinski definition) is 5. The van der Waals surface area contributed by atoms with Crippen molar-refractivity contribution in [2.24, 2.45) is 5.41 Å². The maximum absolute atomic E-state index is 11.8. The molecule has 6 heteroatoms. The van der Waals surface area contributed by atoms with Gasteiger partial charge in [0.05, 0.1) is 10.6 Å². The van der Waals surface area contributed by atoms with Gasteiger partial charge in [0.25, 0.3) is 5.91 Å². The number of rotatable bonds is 6. The van der Waals surface area contributed by atoms with Crippen LogP contribution in [0.5, 0.6) is 0 Å². The van der Waals surface area contributed by atoms with Crippen molar-refractivity contribution in [1.29, 1.82) is 0 Å². The molecule has 20 heavy (non-hydrogen) atoms. The highest BCUT2D eigenvalue weighted by atomic mass is 32.2. The fourth-order valence-electron chi connectivity index (χ4n) is 2.63. The molecule has 1 amide bonds. The molecule has 1 saturated carbocycles. The van der Waals surface area contributed by atoms with Crippen molar-refractivity contribution in [3.8, 4) is 0 Å². The Hall–Kier alpha value is -0.880. The quantitative estimate of drug-likeness (QED) is 0.704. The lowest BCUT2D eigenvalue weighted by Crippen LogP contribution is -2.35. The van der Waals surface area contributed by atoms with Crippen LogP contribution in [0.15, 0.2) is 4.90 Å². The zero-order valence-electron chi connectivity index (χ0n) is 12.3. The van der Waals surface area contributed by atoms with E-state index in [4.69, 9.17) is 5.73 Å². The average Bonchev–Trinajstić information content (AvgIpc) is 2.73. The smallest absolute Gasteiger partial charge is 0.263 e. The molecule has 2 rings (SSSR count). The van der Waals surface area contributed by atoms with Crippen LogP contribution in [0, 0.1) is 5.41 Å². The van der Waals surface area contributed by atoms with E-state index >= 15 is 0 Å². The van der Waals surface area contributed by atoms with Gasteiger partial charge < -0.3 is 16.4 Å². The Bertz CT molecular complexity index is 489. The van der Waals surface area contributed by atoms with Crippen molar-refractivity contribution in [1.82, 2.24) is 5.32 Å². The van der Waals surface area contributed by atoms with Crippen molar-refractivity contribution >= 4 is 39.7 Å². The molecule has 0 spiro atoms. The number of nitrogen functional groups attached to an aromatic ring is 1. The summed E-state index contributed by atoms with van der Waals surface area (Å²) in [4.78, 5) is 13.4. The van der Waals surface area contributed by atoms with Gasteiger partial charge in [0.1, 0.15) is 9.88 Å². The van der Waals surface area contributed by atoms with E-state index in [0.717, 1.165) is 16.4 Å². The van der Waals surface area contributed by atoms with Crippen molar-refractivity contribution < 1.29 is 4.79 Å². The lowest BCUT2D eigenvalue weighted by molar-refractivity contribution is 0.0968. The molecule has 1 aromatic heterocycles. The maximum Gasteiger partial charge on any atom is 0.263 e. The molecule has 112 valence electrons. The highest BCUT2D eigenvalue weighted by Gasteiger charge is 2.35. The van der Waals surface area contributed by atoms with Crippen LogP contribution in [0.1, 0.15) is 42.3 Å². The second-order valence-corrected chi connectivity index (χ2v) is 7.18. The summed E-state index contributed by atoms with van der Waals surface area (Å²) < 4.78 is 0. The van der Waals surface area contributed by atoms with Gasteiger partial charge in [-0.3, -0.25) is 4.79 Å². The van der Waals surface area contributed by atoms with Crippen LogP contribution in [-0.2, 0) is 0 Å². The fourth-order valence-corrected chi connectivity index (χ4v) is 4.61. The van der Waals surface area contributed by atoms with Gasteiger partial charge in [-0.25, -0.2) is 0 Å². The van der Waals surface area contributed by atoms with E-state index in [0.29, 0.717) is 16.0 Å². The Balaban J connectivity index is 2.16. The van der Waals surface area contributed by atoms with E-state index in [-0.39, 0.29) is 5.91 Å². The van der Waals surface area contributed by atoms with Gasteiger partial charge in [-0.1, -0.05) is 13.3 Å². The first-order chi connectivity index (χ1) is 9.56. The molecular formula is C14H23N3OS2. The number of nitrogens with two attached hydrogens (primary N) is 1. The third-order valence-electron chi connectivity index (χ3n) is 4.33. The summed E-state index contributed by atoms with van der Waals surface area (Å²) in [5.41, 5.74) is 7.14. The van der Waals surface area contributed by atoms with Gasteiger partial charge in [0, 0.05) is 13.6 Å². The predicted octanol–water partition coefficient (Wildman–Crippen LogP) is 3.40. The van der Waals surface area contributed by atoms with Crippen molar-refractivity contribution in [3.63, 3.8) is 0 Å². The topological polar surface area (TPSA) is 67.2 Å². The highest BCUT2D eigenvalue weighted by molar-refractivity contribution is 7.99. The van der Waals surface area contributed by atoms with Crippen LogP contribution < -0.4 is 16.4 Å². The SMILES string of the molecule is CCC1(CNc2sc(C(=O)NC)c(N)c2SC)CCC1. The fraction of sp³-hybridized carbons (Fsp3) is 0.643. The minimum absolute atomic E-state index is 0.107. The van der Waals surface area contributed by atoms with Crippen LogP contribution in [0.3, 0.4) is 0 Å². The highest BCUT2D eigenvalue weighted by Crippen LogP contribution is 2.46. The summed E-state index contributed by atoms with van der Waals surface area (Å²) in [6, 6.07) is 0. The molecule has 1 aliphatic rings. The number of nitrogens with one attached hydrogen (secondary N) is 2. The van der Waals surface area contributed by atoms with Crippen LogP contribution in [0.2, 0.25) is 0 Å². The Labute approximate surface area is 128 Å². The minimum atomic E-state index is -0.107. The molecule has 0 unspecified atom stereocenters. The van der Waals surface area contributed by atoms with Crippen molar-refractivity contribution in [2.45, 2.75) is 37.5 Å². The zero-order valence-corrected chi connectivity index (χ0v) is 14.0. The number of carbonyl (C=O) groups excluding carboxylic acids is 1. The molecular weight excluding hydrogens is 290 g/mol. The number of anilines is 2. The molecule has 1 fully saturated rings. The number of thioether (sulfide) groups is 1. The minimum Gasteiger partial charge on any atom is -0.396 e. The third kappa shape index (κ3) is 2.76. The molecule has 1 heterocycles. The molecule has 0 atom stereocenters. The molecule has 4 N–H and O–H groups in total. The molecule has 1 aromatic rings. The molecule has 0 bridgehead atoms. The van der Waals surface area contributed by atoms with Gasteiger partial charge in [-0.05, 0) is 30.9 Å². The summed E-state index contributed by atoms with van der Waals surface area (Å²) in [6.45, 7) is 3.24. The van der Waals surface area contributed by atoms with E-state index in [1.165, 1.54) is 37.0 Å². The molecule has 0 aromatic carbocycles. The normalized spacial score (nSPS) is 16.6. The van der Waals surface area contributed by atoms with Crippen LogP contribution in [0.25, 0.3) is 0 Å². The lowest BCUT2D eigenvalue weighted by atomic mass is 9.67. The van der Waals surface area contributed by atoms with Gasteiger partial charge in [-0.2, -0.15) is 0 Å². The summed E-state index contributed by atoms with van der Waals surface area (Å²) in [5, 5.41) is 7.22. The number of carbonyl (C=O) groups is 1. The van der Waals surface area contributed by atoms with Crippen molar-refractivity contribution in [2.75, 3.05) is 30.9 Å². The van der Waals surface area contributed by atoms with E-state index in [1.807, 2.05) is 6.26 Å². The van der Waals surface area contributed by atoms with E-state index in [1.54, 1.807) is 18.8 Å². The van der Waals surface area contributed by atoms with Gasteiger partial charge in [0.15, 0.2) is 0 Å². The van der Waals surface area contributed by atoms with Crippen molar-refractivity contribution in [3.05, 3.63) is 4.88 Å². The average molecular weight is 313 g/mol. The molecule has 0 saturated heterocycles. The first kappa shape index (κ1) is 15.5. The van der Waals surface area contributed by atoms with Gasteiger partial charge >= 0.3 is 0 Å². The zero-order chi connectivity index (χ0) is 14.8. The Morgan fingerprint density at radius 3 is 2.65 bits per heavy atom. The Morgan fingerprint density at radius 2 is 2.20 bits per heavy atom. The number of hydrogen-bond donors (Lipinski definition) is 3. The summed E-state index contributed by atoms with van der Waals surface area (Å²) in [6.07, 6.45) is 7.14. The standard InChI is InChI=1S/C14H23N3OS2/c1-4-14(6-5-7-14)8-17-13-11(19-3)9(15)10(20-13)12(18)16-2/h17H,4-8,15H2,1-3H3,(H,16,18). The van der Waals surface area contributed by atoms with Gasteiger partial charge in [0.2, 0.25) is 0 Å². The van der Waals surface area contributed by atoms with E-state index in [9.17, 15) is 4.79 Å². The molecule has 0 aliphatic heterocycles. The van der Waals surface area contributed by atoms with Crippen LogP contribution in [0.4, 0.5) is 10.7 Å². The largest absolute Gasteiger partial charge is 0.396 e. The first-order valence-electron chi connectivity index (χ1n) is 6.99. The van der Waals surface area contributed by atoms with E-state index < -0.39 is 0 Å². The lowest BCUT2D eigenvalue weighted by Gasteiger charge is -2.41. The van der Waals surface area contributed by atoms with E-state index in [2.05, 4.69) is 17.6 Å². The summed E-state index contributed by atoms with van der Waals surface area (Å²) in [5.74, 6) is -0.107. The van der Waals surface area contributed by atoms with Crippen LogP contribution >= 0.6 is 23.1 Å². The maximum atomic E-state index is 11.8. The Morgan fingerprint density at radius 1 is 1.50 bits per heavy atom.